The van der Waals surface area contributed by atoms with Crippen LogP contribution in [0.4, 0.5) is 0 Å². The molecule has 0 spiro atoms. The van der Waals surface area contributed by atoms with Crippen molar-refractivity contribution < 1.29 is 9.90 Å². The van der Waals surface area contributed by atoms with E-state index in [1.807, 2.05) is 6.92 Å². The number of aliphatic hydroxyl groups is 1. The topological polar surface area (TPSA) is 37.3 Å². The van der Waals surface area contributed by atoms with E-state index in [0.29, 0.717) is 0 Å². The molecule has 2 nitrogen and oxygen atoms in total. The second-order valence-electron chi connectivity index (χ2n) is 1.49. The van der Waals surface area contributed by atoms with Crippen LogP contribution in [0.5, 0.6) is 0 Å². The Labute approximate surface area is 71.8 Å². The zero-order valence-corrected chi connectivity index (χ0v) is 8.73. The average molecular weight is 213 g/mol. The molecule has 1 N–H and O–H groups in total. The van der Waals surface area contributed by atoms with Crippen molar-refractivity contribution in [1.29, 1.82) is 0 Å². The summed E-state index contributed by atoms with van der Waals surface area (Å²) in [7, 11) is 0. The Kier molecular flexibility index (Phi) is 38.1. The predicted octanol–water partition coefficient (Wildman–Crippen LogP) is 2.00. The summed E-state index contributed by atoms with van der Waals surface area (Å²) in [5, 5.41) is 8.63. The molecule has 3 heteroatoms. The minimum Gasteiger partial charge on any atom is -0.397 e. The van der Waals surface area contributed by atoms with Gasteiger partial charge in [-0.3, -0.25) is 0 Å². The molecule has 64 valence electrons. The van der Waals surface area contributed by atoms with E-state index in [0.717, 1.165) is 5.33 Å². The van der Waals surface area contributed by atoms with Crippen molar-refractivity contribution in [3.8, 4) is 0 Å². The maximum absolute atomic E-state index is 9.44. The molecule has 0 amide bonds. The monoisotopic (exact) mass is 212 g/mol. The number of hydrogen-bond acceptors (Lipinski definition) is 2. The number of alkyl halides is 1. The highest BCUT2D eigenvalue weighted by molar-refractivity contribution is 9.09. The summed E-state index contributed by atoms with van der Waals surface area (Å²) in [4.78, 5) is 9.44. The van der Waals surface area contributed by atoms with Crippen LogP contribution in [-0.4, -0.2) is 22.8 Å². The summed E-state index contributed by atoms with van der Waals surface area (Å²) < 4.78 is 0. The quantitative estimate of drug-likeness (QED) is 0.625. The van der Waals surface area contributed by atoms with Gasteiger partial charge in [0.2, 0.25) is 0 Å². The van der Waals surface area contributed by atoms with Crippen LogP contribution in [0.25, 0.3) is 0 Å². The fourth-order valence-corrected chi connectivity index (χ4v) is 0. The highest BCUT2D eigenvalue weighted by atomic mass is 79.9. The summed E-state index contributed by atoms with van der Waals surface area (Å²) in [6, 6.07) is 0. The Morgan fingerprint density at radius 2 is 1.40 bits per heavy atom. The average Bonchev–Trinajstić information content (AvgIpc) is 1.65. The molecule has 0 aromatic carbocycles. The van der Waals surface area contributed by atoms with Gasteiger partial charge in [-0.05, 0) is 20.8 Å². The van der Waals surface area contributed by atoms with Crippen LogP contribution in [0.1, 0.15) is 27.7 Å². The fourth-order valence-electron chi connectivity index (χ4n) is 0. The van der Waals surface area contributed by atoms with Gasteiger partial charge in [-0.2, -0.15) is 0 Å². The van der Waals surface area contributed by atoms with E-state index in [9.17, 15) is 4.79 Å². The Morgan fingerprint density at radius 1 is 1.40 bits per heavy atom. The molecule has 0 aliphatic carbocycles. The summed E-state index contributed by atoms with van der Waals surface area (Å²) in [5.41, 5.74) is 0. The lowest BCUT2D eigenvalue weighted by Gasteiger charge is -1.56. The first-order valence-electron chi connectivity index (χ1n) is 3.20. The van der Waals surface area contributed by atoms with Crippen LogP contribution in [0, 0.1) is 0 Å². The molecule has 10 heavy (non-hydrogen) atoms. The van der Waals surface area contributed by atoms with E-state index in [1.165, 1.54) is 13.8 Å². The van der Waals surface area contributed by atoms with Crippen LogP contribution in [0.2, 0.25) is 0 Å². The van der Waals surface area contributed by atoms with Gasteiger partial charge in [-0.1, -0.05) is 22.9 Å². The minimum absolute atomic E-state index is 0.167. The first-order valence-corrected chi connectivity index (χ1v) is 4.32. The maximum Gasteiger partial charge on any atom is 0.126 e. The largest absolute Gasteiger partial charge is 0.397 e. The van der Waals surface area contributed by atoms with Crippen molar-refractivity contribution in [2.24, 2.45) is 0 Å². The van der Waals surface area contributed by atoms with Gasteiger partial charge in [0.25, 0.3) is 0 Å². The van der Waals surface area contributed by atoms with Crippen LogP contribution >= 0.6 is 15.9 Å². The smallest absolute Gasteiger partial charge is 0.126 e. The van der Waals surface area contributed by atoms with Gasteiger partial charge >= 0.3 is 0 Å². The molecule has 0 radical (unpaired) electrons. The number of Topliss-reactive ketones (excluding diaryl/α,β-unsaturated/α-hetero) is 1. The van der Waals surface area contributed by atoms with Crippen molar-refractivity contribution in [1.82, 2.24) is 0 Å². The van der Waals surface area contributed by atoms with Crippen LogP contribution < -0.4 is 0 Å². The Bertz CT molecular complexity index is 49.6. The van der Waals surface area contributed by atoms with Gasteiger partial charge in [0.1, 0.15) is 5.78 Å². The van der Waals surface area contributed by atoms with Gasteiger partial charge in [0.15, 0.2) is 0 Å². The van der Waals surface area contributed by atoms with Gasteiger partial charge in [-0.25, -0.2) is 0 Å². The molecule has 0 aromatic rings. The van der Waals surface area contributed by atoms with Gasteiger partial charge in [0, 0.05) is 11.9 Å². The van der Waals surface area contributed by atoms with E-state index in [1.54, 1.807) is 6.92 Å². The zero-order valence-electron chi connectivity index (χ0n) is 7.15. The maximum atomic E-state index is 9.44. The van der Waals surface area contributed by atoms with Gasteiger partial charge < -0.3 is 9.90 Å². The summed E-state index contributed by atoms with van der Waals surface area (Å²) >= 11 is 3.15. The third-order valence-corrected chi connectivity index (χ3v) is 0. The predicted molar refractivity (Wildman–Crippen MR) is 48.6 cm³/mol. The minimum atomic E-state index is 0.167. The summed E-state index contributed by atoms with van der Waals surface area (Å²) in [6.45, 7) is 7.03. The van der Waals surface area contributed by atoms with E-state index in [2.05, 4.69) is 15.9 Å². The number of rotatable bonds is 0. The first kappa shape index (κ1) is 16.6. The Morgan fingerprint density at radius 3 is 1.40 bits per heavy atom. The molecule has 0 heterocycles. The van der Waals surface area contributed by atoms with Crippen molar-refractivity contribution in [3.63, 3.8) is 0 Å². The molecular weight excluding hydrogens is 196 g/mol. The normalized spacial score (nSPS) is 6.20. The summed E-state index contributed by atoms with van der Waals surface area (Å²) in [6.07, 6.45) is 0. The number of ketones is 1. The van der Waals surface area contributed by atoms with E-state index in [-0.39, 0.29) is 12.4 Å². The second-order valence-corrected chi connectivity index (χ2v) is 2.61. The highest BCUT2D eigenvalue weighted by Crippen LogP contribution is 1.67. The van der Waals surface area contributed by atoms with E-state index < -0.39 is 0 Å². The molecule has 0 saturated carbocycles. The number of carbonyl (C=O) groups excluding carboxylic acids is 1. The molecule has 0 aliphatic rings. The molecule has 0 saturated heterocycles. The Balaban J connectivity index is -0.0000000750. The first-order chi connectivity index (χ1) is 4.56. The molecule has 0 aromatic heterocycles. The highest BCUT2D eigenvalue weighted by Gasteiger charge is 1.62. The fraction of sp³-hybridized carbons (Fsp3) is 0.857. The number of halogens is 1. The van der Waals surface area contributed by atoms with Gasteiger partial charge in [-0.15, -0.1) is 0 Å². The van der Waals surface area contributed by atoms with Crippen molar-refractivity contribution in [3.05, 3.63) is 0 Å². The SMILES string of the molecule is CC(C)=O.CCBr.CCO. The zero-order chi connectivity index (χ0) is 8.99. The van der Waals surface area contributed by atoms with Crippen molar-refractivity contribution in [2.45, 2.75) is 27.7 Å². The third kappa shape index (κ3) is 33900. The van der Waals surface area contributed by atoms with Crippen LogP contribution in [-0.2, 0) is 4.79 Å². The molecule has 0 unspecified atom stereocenters. The van der Waals surface area contributed by atoms with Crippen LogP contribution in [0.3, 0.4) is 0 Å². The molecule has 0 atom stereocenters. The standard InChI is InChI=1S/C3H6O.C2H5Br.C2H6O/c1-3(2)4;2*1-2-3/h1-2H3;2H2,1H3;3H,2H2,1H3. The Hall–Kier alpha value is 0.110. The summed E-state index contributed by atoms with van der Waals surface area (Å²) in [5.74, 6) is 0.167. The molecule has 0 bridgehead atoms. The van der Waals surface area contributed by atoms with Gasteiger partial charge in [0.05, 0.1) is 0 Å². The van der Waals surface area contributed by atoms with E-state index in [4.69, 9.17) is 5.11 Å². The number of carbonyl (C=O) groups is 1. The molecule has 0 rings (SSSR count). The number of aliphatic hydroxyl groups excluding tert-OH is 1. The third-order valence-electron chi connectivity index (χ3n) is 0. The lowest BCUT2D eigenvalue weighted by Crippen LogP contribution is -1.69. The lowest BCUT2D eigenvalue weighted by atomic mass is 10.6. The van der Waals surface area contributed by atoms with E-state index >= 15 is 0 Å². The molecular formula is C7H17BrO2. The molecule has 0 fully saturated rings. The van der Waals surface area contributed by atoms with Crippen LogP contribution in [0.15, 0.2) is 0 Å². The van der Waals surface area contributed by atoms with Crippen molar-refractivity contribution in [2.75, 3.05) is 11.9 Å². The second kappa shape index (κ2) is 22.9. The molecule has 0 aliphatic heterocycles. The number of hydrogen-bond donors (Lipinski definition) is 1. The lowest BCUT2D eigenvalue weighted by molar-refractivity contribution is -0.114. The van der Waals surface area contributed by atoms with Crippen molar-refractivity contribution >= 4 is 21.7 Å².